The van der Waals surface area contributed by atoms with Crippen molar-refractivity contribution in [1.82, 2.24) is 19.9 Å². The normalized spacial score (nSPS) is 15.0. The smallest absolute Gasteiger partial charge is 0.226 e. The maximum absolute atomic E-state index is 12.6. The molecule has 0 bridgehead atoms. The molecule has 1 saturated carbocycles. The fourth-order valence-electron chi connectivity index (χ4n) is 3.51. The van der Waals surface area contributed by atoms with Gasteiger partial charge in [0, 0.05) is 19.0 Å². The van der Waals surface area contributed by atoms with Gasteiger partial charge >= 0.3 is 0 Å². The molecule has 2 heterocycles. The zero-order valence-electron chi connectivity index (χ0n) is 15.8. The highest BCUT2D eigenvalue weighted by Gasteiger charge is 2.24. The quantitative estimate of drug-likeness (QED) is 0.690. The third-order valence-electron chi connectivity index (χ3n) is 5.15. The molecular weight excluding hydrogens is 354 g/mol. The molecule has 1 fully saturated rings. The van der Waals surface area contributed by atoms with E-state index in [-0.39, 0.29) is 24.3 Å². The Bertz CT molecular complexity index is 994. The number of aromatic nitrogens is 3. The minimum atomic E-state index is -0.372. The van der Waals surface area contributed by atoms with Crippen LogP contribution >= 0.6 is 0 Å². The second-order valence-corrected chi connectivity index (χ2v) is 7.25. The van der Waals surface area contributed by atoms with Gasteiger partial charge in [0.25, 0.3) is 0 Å². The topological polar surface area (TPSA) is 88.4 Å². The van der Waals surface area contributed by atoms with Crippen LogP contribution in [0.3, 0.4) is 0 Å². The van der Waals surface area contributed by atoms with Crippen LogP contribution in [0.4, 0.5) is 5.69 Å². The summed E-state index contributed by atoms with van der Waals surface area (Å²) >= 11 is 0. The largest absolute Gasteiger partial charge is 0.349 e. The van der Waals surface area contributed by atoms with Gasteiger partial charge in [-0.1, -0.05) is 36.8 Å². The lowest BCUT2D eigenvalue weighted by Crippen LogP contribution is -2.29. The average Bonchev–Trinajstić information content (AvgIpc) is 3.03. The molecule has 1 atom stereocenters. The number of nitrogens with one attached hydrogen (secondary N) is 2. The number of fused-ring (bicyclic) bond motifs is 1. The number of anilines is 1. The van der Waals surface area contributed by atoms with Crippen LogP contribution in [-0.4, -0.2) is 26.4 Å². The second kappa shape index (κ2) is 7.80. The van der Waals surface area contributed by atoms with Gasteiger partial charge < -0.3 is 10.6 Å². The van der Waals surface area contributed by atoms with Crippen molar-refractivity contribution in [3.05, 3.63) is 60.0 Å². The Morgan fingerprint density at radius 1 is 1.14 bits per heavy atom. The van der Waals surface area contributed by atoms with Crippen LogP contribution in [0.1, 0.15) is 56.0 Å². The predicted molar refractivity (Wildman–Crippen MR) is 106 cm³/mol. The lowest BCUT2D eigenvalue weighted by Gasteiger charge is -2.23. The maximum atomic E-state index is 12.6. The van der Waals surface area contributed by atoms with Crippen LogP contribution in [0.15, 0.2) is 48.7 Å². The Morgan fingerprint density at radius 3 is 2.61 bits per heavy atom. The highest BCUT2D eigenvalue weighted by atomic mass is 16.2. The molecule has 0 saturated heterocycles. The standard InChI is InChI=1S/C21H23N5O2/c1-14(27)22-18(15-6-3-2-4-7-15)12-20(28)23-17-10-11-19-24-25-21(26(19)13-17)16-8-5-9-16/h2-4,6-7,10-11,13,16,18H,5,8-9,12H2,1H3,(H,22,27)(H,23,28). The summed E-state index contributed by atoms with van der Waals surface area (Å²) in [5.41, 5.74) is 2.36. The highest BCUT2D eigenvalue weighted by molar-refractivity contribution is 5.91. The van der Waals surface area contributed by atoms with Crippen LogP contribution < -0.4 is 10.6 Å². The molecule has 7 nitrogen and oxygen atoms in total. The van der Waals surface area contributed by atoms with E-state index in [4.69, 9.17) is 0 Å². The van der Waals surface area contributed by atoms with E-state index in [0.717, 1.165) is 29.9 Å². The Morgan fingerprint density at radius 2 is 1.93 bits per heavy atom. The molecule has 1 aromatic carbocycles. The number of nitrogens with zero attached hydrogens (tertiary/aromatic N) is 3. The average molecular weight is 377 g/mol. The van der Waals surface area contributed by atoms with Gasteiger partial charge in [0.15, 0.2) is 5.65 Å². The number of rotatable bonds is 6. The monoisotopic (exact) mass is 377 g/mol. The van der Waals surface area contributed by atoms with Crippen molar-refractivity contribution in [3.63, 3.8) is 0 Å². The van der Waals surface area contributed by atoms with E-state index in [0.29, 0.717) is 11.6 Å². The molecule has 0 radical (unpaired) electrons. The van der Waals surface area contributed by atoms with Crippen molar-refractivity contribution in [2.24, 2.45) is 0 Å². The maximum Gasteiger partial charge on any atom is 0.226 e. The minimum Gasteiger partial charge on any atom is -0.349 e. The van der Waals surface area contributed by atoms with E-state index in [1.807, 2.05) is 53.1 Å². The van der Waals surface area contributed by atoms with Crippen molar-refractivity contribution < 1.29 is 9.59 Å². The molecule has 2 N–H and O–H groups in total. The molecule has 0 aliphatic heterocycles. The van der Waals surface area contributed by atoms with Gasteiger partial charge in [-0.2, -0.15) is 0 Å². The molecule has 3 aromatic rings. The zero-order valence-corrected chi connectivity index (χ0v) is 15.8. The van der Waals surface area contributed by atoms with Gasteiger partial charge in [-0.25, -0.2) is 0 Å². The summed E-state index contributed by atoms with van der Waals surface area (Å²) in [4.78, 5) is 24.2. The summed E-state index contributed by atoms with van der Waals surface area (Å²) in [6, 6.07) is 12.8. The van der Waals surface area contributed by atoms with Crippen LogP contribution in [0.2, 0.25) is 0 Å². The minimum absolute atomic E-state index is 0.152. The Balaban J connectivity index is 1.49. The van der Waals surface area contributed by atoms with Gasteiger partial charge in [0.05, 0.1) is 18.2 Å². The first kappa shape index (κ1) is 18.2. The van der Waals surface area contributed by atoms with Gasteiger partial charge in [0.2, 0.25) is 11.8 Å². The van der Waals surface area contributed by atoms with E-state index in [9.17, 15) is 9.59 Å². The summed E-state index contributed by atoms with van der Waals surface area (Å²) in [6.07, 6.45) is 5.51. The molecule has 4 rings (SSSR count). The lowest BCUT2D eigenvalue weighted by atomic mass is 9.85. The number of carbonyl (C=O) groups excluding carboxylic acids is 2. The van der Waals surface area contributed by atoms with Crippen LogP contribution in [0.5, 0.6) is 0 Å². The molecule has 2 amide bonds. The summed E-state index contributed by atoms with van der Waals surface area (Å²) in [5.74, 6) is 1.07. The zero-order chi connectivity index (χ0) is 19.5. The second-order valence-electron chi connectivity index (χ2n) is 7.25. The fourth-order valence-corrected chi connectivity index (χ4v) is 3.51. The summed E-state index contributed by atoms with van der Waals surface area (Å²) in [6.45, 7) is 1.45. The SMILES string of the molecule is CC(=O)NC(CC(=O)Nc1ccc2nnc(C3CCC3)n2c1)c1ccccc1. The summed E-state index contributed by atoms with van der Waals surface area (Å²) in [5, 5.41) is 14.3. The molecule has 144 valence electrons. The molecule has 1 aliphatic carbocycles. The molecule has 28 heavy (non-hydrogen) atoms. The van der Waals surface area contributed by atoms with Crippen molar-refractivity contribution in [2.45, 2.75) is 44.6 Å². The Hall–Kier alpha value is -3.22. The van der Waals surface area contributed by atoms with E-state index < -0.39 is 0 Å². The molecule has 0 spiro atoms. The Labute approximate surface area is 163 Å². The third-order valence-corrected chi connectivity index (χ3v) is 5.15. The lowest BCUT2D eigenvalue weighted by molar-refractivity contribution is -0.120. The number of hydrogen-bond donors (Lipinski definition) is 2. The molecule has 1 aliphatic rings. The first-order valence-corrected chi connectivity index (χ1v) is 9.57. The molecule has 1 unspecified atom stereocenters. The van der Waals surface area contributed by atoms with Crippen molar-refractivity contribution in [1.29, 1.82) is 0 Å². The van der Waals surface area contributed by atoms with Gasteiger partial charge in [-0.15, -0.1) is 10.2 Å². The van der Waals surface area contributed by atoms with Crippen LogP contribution in [-0.2, 0) is 9.59 Å². The van der Waals surface area contributed by atoms with E-state index in [1.54, 1.807) is 0 Å². The van der Waals surface area contributed by atoms with Gasteiger partial charge in [-0.3, -0.25) is 14.0 Å². The molecular formula is C21H23N5O2. The number of hydrogen-bond acceptors (Lipinski definition) is 4. The number of amides is 2. The van der Waals surface area contributed by atoms with Gasteiger partial charge in [0.1, 0.15) is 5.82 Å². The fraction of sp³-hybridized carbons (Fsp3) is 0.333. The van der Waals surface area contributed by atoms with E-state index in [1.165, 1.54) is 13.3 Å². The van der Waals surface area contributed by atoms with Crippen molar-refractivity contribution in [2.75, 3.05) is 5.32 Å². The predicted octanol–water partition coefficient (Wildman–Crippen LogP) is 3.20. The van der Waals surface area contributed by atoms with Crippen molar-refractivity contribution in [3.8, 4) is 0 Å². The highest BCUT2D eigenvalue weighted by Crippen LogP contribution is 2.35. The van der Waals surface area contributed by atoms with Crippen molar-refractivity contribution >= 4 is 23.1 Å². The summed E-state index contributed by atoms with van der Waals surface area (Å²) in [7, 11) is 0. The third kappa shape index (κ3) is 3.88. The van der Waals surface area contributed by atoms with E-state index in [2.05, 4.69) is 20.8 Å². The van der Waals surface area contributed by atoms with Gasteiger partial charge in [-0.05, 0) is 30.5 Å². The Kier molecular flexibility index (Phi) is 5.06. The van der Waals surface area contributed by atoms with E-state index >= 15 is 0 Å². The first-order chi connectivity index (χ1) is 13.6. The first-order valence-electron chi connectivity index (χ1n) is 9.57. The van der Waals surface area contributed by atoms with Crippen LogP contribution in [0, 0.1) is 0 Å². The molecule has 2 aromatic heterocycles. The number of benzene rings is 1. The van der Waals surface area contributed by atoms with Crippen LogP contribution in [0.25, 0.3) is 5.65 Å². The molecule has 7 heteroatoms. The number of carbonyl (C=O) groups is 2. The number of pyridine rings is 1. The summed E-state index contributed by atoms with van der Waals surface area (Å²) < 4.78 is 1.96.